The number of carbonyl (C=O) groups is 2. The van der Waals surface area contributed by atoms with Crippen LogP contribution in [0.1, 0.15) is 61.7 Å². The van der Waals surface area contributed by atoms with E-state index in [1.54, 1.807) is 0 Å². The van der Waals surface area contributed by atoms with Crippen LogP contribution in [0.3, 0.4) is 0 Å². The van der Waals surface area contributed by atoms with Gasteiger partial charge >= 0.3 is 5.97 Å². The average molecular weight is 290 g/mol. The number of hydrogen-bond acceptors (Lipinski definition) is 3. The van der Waals surface area contributed by atoms with Gasteiger partial charge in [-0.2, -0.15) is 0 Å². The summed E-state index contributed by atoms with van der Waals surface area (Å²) in [6, 6.07) is 1.42. The van der Waals surface area contributed by atoms with Gasteiger partial charge in [0.1, 0.15) is 0 Å². The van der Waals surface area contributed by atoms with Gasteiger partial charge < -0.3 is 10.4 Å². The second-order valence-corrected chi connectivity index (χ2v) is 5.71. The van der Waals surface area contributed by atoms with Crippen LogP contribution in [0.4, 0.5) is 5.69 Å². The van der Waals surface area contributed by atoms with E-state index in [0.717, 1.165) is 18.8 Å². The first-order valence-corrected chi connectivity index (χ1v) is 7.63. The highest BCUT2D eigenvalue weighted by Gasteiger charge is 2.14. The van der Waals surface area contributed by atoms with Crippen molar-refractivity contribution >= 4 is 17.6 Å². The zero-order valence-corrected chi connectivity index (χ0v) is 12.2. The van der Waals surface area contributed by atoms with Crippen molar-refractivity contribution in [2.24, 2.45) is 5.92 Å². The molecular weight excluding hydrogens is 268 g/mol. The number of nitrogens with zero attached hydrogens (tertiary/aromatic N) is 1. The lowest BCUT2D eigenvalue weighted by Crippen LogP contribution is -2.13. The van der Waals surface area contributed by atoms with Crippen molar-refractivity contribution in [1.29, 1.82) is 0 Å². The molecule has 0 saturated heterocycles. The first kappa shape index (κ1) is 15.5. The zero-order chi connectivity index (χ0) is 15.1. The Bertz CT molecular complexity index is 496. The molecule has 0 spiro atoms. The minimum absolute atomic E-state index is 0.0739. The molecule has 2 N–H and O–H groups in total. The van der Waals surface area contributed by atoms with E-state index in [4.69, 9.17) is 5.11 Å². The van der Waals surface area contributed by atoms with Gasteiger partial charge in [0.15, 0.2) is 0 Å². The Balaban J connectivity index is 1.73. The van der Waals surface area contributed by atoms with E-state index >= 15 is 0 Å². The summed E-state index contributed by atoms with van der Waals surface area (Å²) >= 11 is 0. The predicted molar refractivity (Wildman–Crippen MR) is 80.3 cm³/mol. The smallest absolute Gasteiger partial charge is 0.337 e. The standard InChI is InChI=1S/C16H22N2O3/c19-15(8-4-7-12-5-2-1-3-6-12)18-14-9-13(16(20)21)10-17-11-14/h9-12H,1-8H2,(H,18,19)(H,20,21). The highest BCUT2D eigenvalue weighted by Crippen LogP contribution is 2.27. The van der Waals surface area contributed by atoms with Crippen LogP contribution in [0.5, 0.6) is 0 Å². The molecule has 21 heavy (non-hydrogen) atoms. The van der Waals surface area contributed by atoms with Gasteiger partial charge in [0.2, 0.25) is 5.91 Å². The lowest BCUT2D eigenvalue weighted by molar-refractivity contribution is -0.116. The number of pyridine rings is 1. The highest BCUT2D eigenvalue weighted by molar-refractivity contribution is 5.93. The van der Waals surface area contributed by atoms with Gasteiger partial charge in [-0.1, -0.05) is 32.1 Å². The molecular formula is C16H22N2O3. The van der Waals surface area contributed by atoms with Crippen LogP contribution in [-0.4, -0.2) is 22.0 Å². The predicted octanol–water partition coefficient (Wildman–Crippen LogP) is 3.47. The lowest BCUT2D eigenvalue weighted by Gasteiger charge is -2.21. The van der Waals surface area contributed by atoms with Crippen molar-refractivity contribution < 1.29 is 14.7 Å². The molecule has 1 heterocycles. The first-order valence-electron chi connectivity index (χ1n) is 7.63. The molecule has 1 saturated carbocycles. The third-order valence-corrected chi connectivity index (χ3v) is 4.01. The normalized spacial score (nSPS) is 15.6. The molecule has 1 aliphatic rings. The van der Waals surface area contributed by atoms with Gasteiger partial charge in [0, 0.05) is 12.6 Å². The Morgan fingerprint density at radius 1 is 1.24 bits per heavy atom. The SMILES string of the molecule is O=C(CCCC1CCCCC1)Nc1cncc(C(=O)O)c1. The lowest BCUT2D eigenvalue weighted by atomic mass is 9.86. The maximum absolute atomic E-state index is 11.8. The molecule has 1 aromatic heterocycles. The van der Waals surface area contributed by atoms with Gasteiger partial charge in [-0.05, 0) is 24.8 Å². The maximum Gasteiger partial charge on any atom is 0.337 e. The number of aromatic carboxylic acids is 1. The number of anilines is 1. The van der Waals surface area contributed by atoms with Crippen molar-refractivity contribution in [3.8, 4) is 0 Å². The Morgan fingerprint density at radius 2 is 2.00 bits per heavy atom. The van der Waals surface area contributed by atoms with Crippen molar-refractivity contribution in [2.75, 3.05) is 5.32 Å². The molecule has 0 atom stereocenters. The van der Waals surface area contributed by atoms with Crippen LogP contribution in [0.15, 0.2) is 18.5 Å². The fraction of sp³-hybridized carbons (Fsp3) is 0.562. The molecule has 1 aliphatic carbocycles. The molecule has 0 radical (unpaired) electrons. The summed E-state index contributed by atoms with van der Waals surface area (Å²) in [4.78, 5) is 26.5. The fourth-order valence-electron chi connectivity index (χ4n) is 2.88. The third kappa shape index (κ3) is 5.17. The first-order chi connectivity index (χ1) is 10.1. The second kappa shape index (κ2) is 7.76. The number of carbonyl (C=O) groups excluding carboxylic acids is 1. The van der Waals surface area contributed by atoms with Crippen LogP contribution in [0.25, 0.3) is 0 Å². The molecule has 0 bridgehead atoms. The van der Waals surface area contributed by atoms with Gasteiger partial charge in [0.25, 0.3) is 0 Å². The number of aromatic nitrogens is 1. The van der Waals surface area contributed by atoms with E-state index in [1.807, 2.05) is 0 Å². The minimum Gasteiger partial charge on any atom is -0.478 e. The minimum atomic E-state index is -1.05. The Hall–Kier alpha value is -1.91. The monoisotopic (exact) mass is 290 g/mol. The molecule has 5 heteroatoms. The van der Waals surface area contributed by atoms with Gasteiger partial charge in [-0.15, -0.1) is 0 Å². The van der Waals surface area contributed by atoms with E-state index in [9.17, 15) is 9.59 Å². The van der Waals surface area contributed by atoms with E-state index in [-0.39, 0.29) is 11.5 Å². The van der Waals surface area contributed by atoms with Crippen LogP contribution in [0, 0.1) is 5.92 Å². The molecule has 1 amide bonds. The summed E-state index contributed by atoms with van der Waals surface area (Å²) in [5.74, 6) is -0.338. The Kier molecular flexibility index (Phi) is 5.72. The Labute approximate surface area is 124 Å². The number of amides is 1. The van der Waals surface area contributed by atoms with E-state index < -0.39 is 5.97 Å². The number of carboxylic acid groups (broad SMARTS) is 1. The number of hydrogen-bond donors (Lipinski definition) is 2. The average Bonchev–Trinajstić information content (AvgIpc) is 2.48. The maximum atomic E-state index is 11.8. The van der Waals surface area contributed by atoms with Crippen LogP contribution in [0.2, 0.25) is 0 Å². The summed E-state index contributed by atoms with van der Waals surface area (Å²) in [6.45, 7) is 0. The van der Waals surface area contributed by atoms with E-state index in [0.29, 0.717) is 12.1 Å². The number of nitrogens with one attached hydrogen (secondary N) is 1. The van der Waals surface area contributed by atoms with Gasteiger partial charge in [-0.25, -0.2) is 4.79 Å². The molecule has 0 unspecified atom stereocenters. The molecule has 114 valence electrons. The quantitative estimate of drug-likeness (QED) is 0.840. The number of carboxylic acids is 1. The highest BCUT2D eigenvalue weighted by atomic mass is 16.4. The summed E-state index contributed by atoms with van der Waals surface area (Å²) in [7, 11) is 0. The van der Waals surface area contributed by atoms with Gasteiger partial charge in [-0.3, -0.25) is 9.78 Å². The zero-order valence-electron chi connectivity index (χ0n) is 12.2. The molecule has 5 nitrogen and oxygen atoms in total. The molecule has 1 aromatic rings. The van der Waals surface area contributed by atoms with Crippen molar-refractivity contribution in [3.63, 3.8) is 0 Å². The van der Waals surface area contributed by atoms with Crippen LogP contribution in [-0.2, 0) is 4.79 Å². The molecule has 2 rings (SSSR count). The summed E-state index contributed by atoms with van der Waals surface area (Å²) in [5, 5.41) is 11.6. The van der Waals surface area contributed by atoms with Crippen molar-refractivity contribution in [2.45, 2.75) is 51.4 Å². The summed E-state index contributed by atoms with van der Waals surface area (Å²) in [5.41, 5.74) is 0.521. The summed E-state index contributed by atoms with van der Waals surface area (Å²) < 4.78 is 0. The van der Waals surface area contributed by atoms with Crippen molar-refractivity contribution in [1.82, 2.24) is 4.98 Å². The van der Waals surface area contributed by atoms with Crippen LogP contribution >= 0.6 is 0 Å². The summed E-state index contributed by atoms with van der Waals surface area (Å²) in [6.07, 6.45) is 11.8. The second-order valence-electron chi connectivity index (χ2n) is 5.71. The third-order valence-electron chi connectivity index (χ3n) is 4.01. The molecule has 0 aromatic carbocycles. The fourth-order valence-corrected chi connectivity index (χ4v) is 2.88. The van der Waals surface area contributed by atoms with Crippen molar-refractivity contribution in [3.05, 3.63) is 24.0 Å². The van der Waals surface area contributed by atoms with E-state index in [1.165, 1.54) is 50.6 Å². The molecule has 1 fully saturated rings. The Morgan fingerprint density at radius 3 is 2.71 bits per heavy atom. The topological polar surface area (TPSA) is 79.3 Å². The van der Waals surface area contributed by atoms with Crippen LogP contribution < -0.4 is 5.32 Å². The molecule has 0 aliphatic heterocycles. The van der Waals surface area contributed by atoms with Gasteiger partial charge in [0.05, 0.1) is 17.4 Å². The van der Waals surface area contributed by atoms with E-state index in [2.05, 4.69) is 10.3 Å². The number of rotatable bonds is 6. The largest absolute Gasteiger partial charge is 0.478 e.